The van der Waals surface area contributed by atoms with E-state index in [0.29, 0.717) is 5.56 Å². The van der Waals surface area contributed by atoms with Crippen molar-refractivity contribution in [3.05, 3.63) is 91.2 Å². The number of hydrogen-bond donors (Lipinski definition) is 2. The molecule has 0 fully saturated rings. The summed E-state index contributed by atoms with van der Waals surface area (Å²) in [5, 5.41) is 19.4. The Hall–Kier alpha value is -3.03. The summed E-state index contributed by atoms with van der Waals surface area (Å²) in [5.74, 6) is -0.321. The number of thiophene rings is 1. The highest BCUT2D eigenvalue weighted by atomic mass is 32.1. The molecule has 0 saturated carbocycles. The molecule has 3 aromatic rings. The van der Waals surface area contributed by atoms with Crippen LogP contribution >= 0.6 is 11.3 Å². The number of rotatable bonds is 8. The average molecular weight is 424 g/mol. The Morgan fingerprint density at radius 1 is 1.13 bits per heavy atom. The third kappa shape index (κ3) is 4.93. The number of anilines is 1. The van der Waals surface area contributed by atoms with E-state index in [9.17, 15) is 14.9 Å². The quantitative estimate of drug-likeness (QED) is 0.387. The van der Waals surface area contributed by atoms with E-state index in [4.69, 9.17) is 0 Å². The molecule has 0 spiro atoms. The lowest BCUT2D eigenvalue weighted by Gasteiger charge is -2.19. The Balaban J connectivity index is 1.77. The molecule has 0 aliphatic heterocycles. The smallest absolute Gasteiger partial charge is 0.293 e. The second kappa shape index (κ2) is 9.65. The lowest BCUT2D eigenvalue weighted by Crippen LogP contribution is -2.32. The number of carbonyl (C=O) groups excluding carboxylic acids is 1. The summed E-state index contributed by atoms with van der Waals surface area (Å²) in [6, 6.07) is 15.3. The number of hydrogen-bond acceptors (Lipinski definition) is 5. The number of nitrogens with one attached hydrogen (secondary N) is 2. The molecule has 0 radical (unpaired) electrons. The molecule has 30 heavy (non-hydrogen) atoms. The van der Waals surface area contributed by atoms with Gasteiger partial charge in [-0.3, -0.25) is 20.2 Å². The highest BCUT2D eigenvalue weighted by Crippen LogP contribution is 2.30. The summed E-state index contributed by atoms with van der Waals surface area (Å²) in [5.41, 5.74) is 4.06. The second-order valence-electron chi connectivity index (χ2n) is 7.13. The highest BCUT2D eigenvalue weighted by Gasteiger charge is 2.21. The first-order chi connectivity index (χ1) is 14.4. The van der Waals surface area contributed by atoms with Gasteiger partial charge in [0.05, 0.1) is 17.5 Å². The number of nitro groups is 1. The van der Waals surface area contributed by atoms with Gasteiger partial charge in [-0.2, -0.15) is 0 Å². The predicted molar refractivity (Wildman–Crippen MR) is 121 cm³/mol. The number of carbonyl (C=O) groups is 1. The number of nitrogens with zero attached hydrogens (tertiary/aromatic N) is 1. The van der Waals surface area contributed by atoms with Crippen LogP contribution in [0.15, 0.2) is 53.9 Å². The van der Waals surface area contributed by atoms with Gasteiger partial charge >= 0.3 is 0 Å². The number of aryl methyl sites for hydroxylation is 2. The number of nitro benzene ring substituents is 1. The summed E-state index contributed by atoms with van der Waals surface area (Å²) in [7, 11) is 0. The Morgan fingerprint density at radius 3 is 2.47 bits per heavy atom. The fourth-order valence-electron chi connectivity index (χ4n) is 3.27. The van der Waals surface area contributed by atoms with E-state index in [2.05, 4.69) is 41.8 Å². The lowest BCUT2D eigenvalue weighted by atomic mass is 10.0. The second-order valence-corrected chi connectivity index (χ2v) is 8.11. The summed E-state index contributed by atoms with van der Waals surface area (Å²) >= 11 is 1.62. The standard InChI is InChI=1S/C23H25N3O3S/c1-4-17-8-10-18(11-9-17)23(20-6-5-13-30-20)24-14-21(27)25-22-16(3)15(2)7-12-19(22)26(28)29/h5-13,23-24H,4,14H2,1-3H3,(H,25,27)/t23-/m1/s1. The third-order valence-corrected chi connectivity index (χ3v) is 6.13. The molecule has 2 aromatic carbocycles. The molecule has 0 unspecified atom stereocenters. The normalized spacial score (nSPS) is 11.8. The molecule has 1 atom stereocenters. The summed E-state index contributed by atoms with van der Waals surface area (Å²) in [6.45, 7) is 5.78. The van der Waals surface area contributed by atoms with Crippen LogP contribution in [-0.4, -0.2) is 17.4 Å². The van der Waals surface area contributed by atoms with Crippen molar-refractivity contribution in [2.24, 2.45) is 0 Å². The SMILES string of the molecule is CCc1ccc([C@@H](NCC(=O)Nc2c([N+](=O)[O-])ccc(C)c2C)c2cccs2)cc1. The molecule has 1 aromatic heterocycles. The first-order valence-electron chi connectivity index (χ1n) is 9.80. The van der Waals surface area contributed by atoms with Gasteiger partial charge in [-0.1, -0.05) is 43.3 Å². The molecule has 156 valence electrons. The number of benzene rings is 2. The van der Waals surface area contributed by atoms with E-state index < -0.39 is 4.92 Å². The lowest BCUT2D eigenvalue weighted by molar-refractivity contribution is -0.384. The van der Waals surface area contributed by atoms with Crippen LogP contribution in [0.4, 0.5) is 11.4 Å². The summed E-state index contributed by atoms with van der Waals surface area (Å²) in [6.07, 6.45) is 0.967. The zero-order valence-electron chi connectivity index (χ0n) is 17.3. The minimum atomic E-state index is -0.473. The number of amides is 1. The van der Waals surface area contributed by atoms with E-state index in [-0.39, 0.29) is 29.9 Å². The predicted octanol–water partition coefficient (Wildman–Crippen LogP) is 5.15. The maximum absolute atomic E-state index is 12.7. The van der Waals surface area contributed by atoms with Crippen LogP contribution in [0.1, 0.15) is 40.1 Å². The molecule has 2 N–H and O–H groups in total. The van der Waals surface area contributed by atoms with Crippen molar-refractivity contribution in [1.29, 1.82) is 0 Å². The van der Waals surface area contributed by atoms with Gasteiger partial charge in [0.1, 0.15) is 5.69 Å². The van der Waals surface area contributed by atoms with Gasteiger partial charge < -0.3 is 5.32 Å². The maximum Gasteiger partial charge on any atom is 0.293 e. The van der Waals surface area contributed by atoms with E-state index in [1.165, 1.54) is 11.6 Å². The Bertz CT molecular complexity index is 1030. The summed E-state index contributed by atoms with van der Waals surface area (Å²) in [4.78, 5) is 24.7. The van der Waals surface area contributed by atoms with Crippen LogP contribution in [0.3, 0.4) is 0 Å². The van der Waals surface area contributed by atoms with Crippen molar-refractivity contribution >= 4 is 28.6 Å². The Kier molecular flexibility index (Phi) is 6.97. The monoisotopic (exact) mass is 423 g/mol. The molecule has 0 aliphatic carbocycles. The molecule has 7 heteroatoms. The molecule has 0 aliphatic rings. The van der Waals surface area contributed by atoms with Crippen LogP contribution in [0, 0.1) is 24.0 Å². The fourth-order valence-corrected chi connectivity index (χ4v) is 4.10. The molecule has 1 amide bonds. The van der Waals surface area contributed by atoms with E-state index in [0.717, 1.165) is 22.4 Å². The molecule has 3 rings (SSSR count). The van der Waals surface area contributed by atoms with Crippen molar-refractivity contribution in [2.45, 2.75) is 33.2 Å². The molecular formula is C23H25N3O3S. The van der Waals surface area contributed by atoms with Gasteiger partial charge in [0.15, 0.2) is 0 Å². The van der Waals surface area contributed by atoms with Gasteiger partial charge in [-0.15, -0.1) is 11.3 Å². The Morgan fingerprint density at radius 2 is 1.87 bits per heavy atom. The molecule has 0 bridgehead atoms. The van der Waals surface area contributed by atoms with Crippen LogP contribution in [0.2, 0.25) is 0 Å². The van der Waals surface area contributed by atoms with E-state index >= 15 is 0 Å². The minimum Gasteiger partial charge on any atom is -0.319 e. The molecular weight excluding hydrogens is 398 g/mol. The topological polar surface area (TPSA) is 84.3 Å². The van der Waals surface area contributed by atoms with Crippen LogP contribution < -0.4 is 10.6 Å². The summed E-state index contributed by atoms with van der Waals surface area (Å²) < 4.78 is 0. The van der Waals surface area contributed by atoms with E-state index in [1.807, 2.05) is 24.4 Å². The fraction of sp³-hybridized carbons (Fsp3) is 0.261. The zero-order valence-corrected chi connectivity index (χ0v) is 18.1. The van der Waals surface area contributed by atoms with Crippen molar-refractivity contribution in [2.75, 3.05) is 11.9 Å². The van der Waals surface area contributed by atoms with Gasteiger partial charge in [-0.25, -0.2) is 0 Å². The Labute approximate surface area is 180 Å². The van der Waals surface area contributed by atoms with Gasteiger partial charge in [0, 0.05) is 10.9 Å². The zero-order chi connectivity index (χ0) is 21.7. The largest absolute Gasteiger partial charge is 0.319 e. The molecule has 0 saturated heterocycles. The van der Waals surface area contributed by atoms with Crippen molar-refractivity contribution in [3.63, 3.8) is 0 Å². The van der Waals surface area contributed by atoms with E-state index in [1.54, 1.807) is 24.3 Å². The first-order valence-corrected chi connectivity index (χ1v) is 10.7. The van der Waals surface area contributed by atoms with Crippen LogP contribution in [0.5, 0.6) is 0 Å². The maximum atomic E-state index is 12.7. The molecule has 1 heterocycles. The first kappa shape index (κ1) is 21.7. The minimum absolute atomic E-state index is 0.0304. The average Bonchev–Trinajstić information content (AvgIpc) is 3.26. The highest BCUT2D eigenvalue weighted by molar-refractivity contribution is 7.10. The van der Waals surface area contributed by atoms with Gasteiger partial charge in [-0.05, 0) is 54.0 Å². The van der Waals surface area contributed by atoms with Gasteiger partial charge in [0.2, 0.25) is 5.91 Å². The third-order valence-electron chi connectivity index (χ3n) is 5.19. The molecule has 6 nitrogen and oxygen atoms in total. The van der Waals surface area contributed by atoms with Crippen molar-refractivity contribution in [3.8, 4) is 0 Å². The van der Waals surface area contributed by atoms with Crippen molar-refractivity contribution in [1.82, 2.24) is 5.32 Å². The van der Waals surface area contributed by atoms with Crippen LogP contribution in [-0.2, 0) is 11.2 Å². The van der Waals surface area contributed by atoms with Crippen LogP contribution in [0.25, 0.3) is 0 Å². The van der Waals surface area contributed by atoms with Gasteiger partial charge in [0.25, 0.3) is 5.69 Å². The van der Waals surface area contributed by atoms with Crippen molar-refractivity contribution < 1.29 is 9.72 Å².